The third kappa shape index (κ3) is 3.19. The van der Waals surface area contributed by atoms with Crippen LogP contribution in [0.15, 0.2) is 54.6 Å². The summed E-state index contributed by atoms with van der Waals surface area (Å²) < 4.78 is 10.4. The summed E-state index contributed by atoms with van der Waals surface area (Å²) in [6, 6.07) is 18.4. The molecule has 0 bridgehead atoms. The van der Waals surface area contributed by atoms with Crippen molar-refractivity contribution in [2.45, 2.75) is 12.8 Å². The van der Waals surface area contributed by atoms with Crippen molar-refractivity contribution >= 4 is 10.9 Å². The molecule has 2 aromatic carbocycles. The molecule has 0 unspecified atom stereocenters. The lowest BCUT2D eigenvalue weighted by Crippen LogP contribution is -1.95. The van der Waals surface area contributed by atoms with Crippen LogP contribution in [0.25, 0.3) is 10.9 Å². The van der Waals surface area contributed by atoms with Crippen molar-refractivity contribution in [2.75, 3.05) is 14.2 Å². The number of pyridine rings is 1. The predicted molar refractivity (Wildman–Crippen MR) is 88.7 cm³/mol. The summed E-state index contributed by atoms with van der Waals surface area (Å²) in [5.74, 6) is 1.75. The quantitative estimate of drug-likeness (QED) is 0.711. The Bertz CT molecular complexity index is 766. The summed E-state index contributed by atoms with van der Waals surface area (Å²) >= 11 is 0. The van der Waals surface area contributed by atoms with Gasteiger partial charge in [0, 0.05) is 11.1 Å². The van der Waals surface area contributed by atoms with E-state index in [0.717, 1.165) is 40.9 Å². The minimum absolute atomic E-state index is 0.861. The number of hydrogen-bond donors (Lipinski definition) is 0. The summed E-state index contributed by atoms with van der Waals surface area (Å²) in [6.45, 7) is 0. The van der Waals surface area contributed by atoms with Gasteiger partial charge in [-0.2, -0.15) is 0 Å². The average Bonchev–Trinajstić information content (AvgIpc) is 2.59. The zero-order chi connectivity index (χ0) is 15.4. The van der Waals surface area contributed by atoms with Crippen molar-refractivity contribution in [1.82, 2.24) is 4.98 Å². The van der Waals surface area contributed by atoms with E-state index >= 15 is 0 Å². The number of aromatic nitrogens is 1. The van der Waals surface area contributed by atoms with Crippen LogP contribution in [0.3, 0.4) is 0 Å². The van der Waals surface area contributed by atoms with Gasteiger partial charge in [-0.25, -0.2) is 0 Å². The van der Waals surface area contributed by atoms with E-state index in [9.17, 15) is 0 Å². The molecule has 3 heteroatoms. The van der Waals surface area contributed by atoms with E-state index in [2.05, 4.69) is 24.3 Å². The van der Waals surface area contributed by atoms with Crippen LogP contribution in [0.2, 0.25) is 0 Å². The molecule has 0 spiro atoms. The van der Waals surface area contributed by atoms with Crippen molar-refractivity contribution in [3.8, 4) is 11.5 Å². The molecule has 112 valence electrons. The molecule has 0 saturated carbocycles. The number of aryl methyl sites for hydroxylation is 2. The summed E-state index contributed by atoms with van der Waals surface area (Å²) in [5.41, 5.74) is 3.40. The van der Waals surface area contributed by atoms with E-state index < -0.39 is 0 Å². The van der Waals surface area contributed by atoms with Gasteiger partial charge in [0.2, 0.25) is 0 Å². The molecule has 3 nitrogen and oxygen atoms in total. The minimum atomic E-state index is 0.861. The van der Waals surface area contributed by atoms with Gasteiger partial charge >= 0.3 is 0 Å². The number of fused-ring (bicyclic) bond motifs is 1. The van der Waals surface area contributed by atoms with Gasteiger partial charge in [0.15, 0.2) is 0 Å². The van der Waals surface area contributed by atoms with Crippen molar-refractivity contribution in [3.63, 3.8) is 0 Å². The summed E-state index contributed by atoms with van der Waals surface area (Å²) in [7, 11) is 3.36. The van der Waals surface area contributed by atoms with Crippen molar-refractivity contribution in [3.05, 3.63) is 65.9 Å². The van der Waals surface area contributed by atoms with E-state index in [1.807, 2.05) is 30.3 Å². The van der Waals surface area contributed by atoms with E-state index in [4.69, 9.17) is 14.5 Å². The molecule has 1 aromatic heterocycles. The Morgan fingerprint density at radius 3 is 2.23 bits per heavy atom. The second kappa shape index (κ2) is 6.48. The Morgan fingerprint density at radius 1 is 0.773 bits per heavy atom. The first-order valence-electron chi connectivity index (χ1n) is 7.35. The van der Waals surface area contributed by atoms with Gasteiger partial charge in [-0.1, -0.05) is 18.2 Å². The van der Waals surface area contributed by atoms with Crippen LogP contribution >= 0.6 is 0 Å². The van der Waals surface area contributed by atoms with Gasteiger partial charge in [0.05, 0.1) is 19.7 Å². The Hall–Kier alpha value is -2.55. The summed E-state index contributed by atoms with van der Waals surface area (Å²) in [4.78, 5) is 4.72. The maximum atomic E-state index is 5.24. The molecule has 3 rings (SSSR count). The second-order valence-corrected chi connectivity index (χ2v) is 5.21. The van der Waals surface area contributed by atoms with E-state index in [1.165, 1.54) is 5.56 Å². The van der Waals surface area contributed by atoms with Crippen LogP contribution in [0.1, 0.15) is 11.3 Å². The Labute approximate surface area is 130 Å². The molecule has 0 N–H and O–H groups in total. The highest BCUT2D eigenvalue weighted by Gasteiger charge is 2.02. The van der Waals surface area contributed by atoms with Crippen molar-refractivity contribution in [1.29, 1.82) is 0 Å². The van der Waals surface area contributed by atoms with Crippen molar-refractivity contribution in [2.24, 2.45) is 0 Å². The second-order valence-electron chi connectivity index (χ2n) is 5.21. The zero-order valence-electron chi connectivity index (χ0n) is 12.9. The minimum Gasteiger partial charge on any atom is -0.497 e. The number of rotatable bonds is 5. The molecular weight excluding hydrogens is 274 g/mol. The van der Waals surface area contributed by atoms with Gasteiger partial charge in [0.1, 0.15) is 11.5 Å². The van der Waals surface area contributed by atoms with Crippen LogP contribution < -0.4 is 9.47 Å². The molecular formula is C19H19NO2. The molecule has 0 radical (unpaired) electrons. The monoisotopic (exact) mass is 293 g/mol. The molecule has 0 aliphatic heterocycles. The molecule has 0 fully saturated rings. The first kappa shape index (κ1) is 14.4. The standard InChI is InChI=1S/C19H19NO2/c1-21-17-9-4-14(5-10-17)3-7-16-8-6-15-13-18(22-2)11-12-19(15)20-16/h4-6,8-13H,3,7H2,1-2H3. The topological polar surface area (TPSA) is 31.4 Å². The van der Waals surface area contributed by atoms with Crippen LogP contribution in [-0.2, 0) is 12.8 Å². The highest BCUT2D eigenvalue weighted by atomic mass is 16.5. The van der Waals surface area contributed by atoms with Gasteiger partial charge in [0.25, 0.3) is 0 Å². The lowest BCUT2D eigenvalue weighted by Gasteiger charge is -2.06. The third-order valence-electron chi connectivity index (χ3n) is 3.78. The Morgan fingerprint density at radius 2 is 1.50 bits per heavy atom. The molecule has 1 heterocycles. The highest BCUT2D eigenvalue weighted by molar-refractivity contribution is 5.80. The van der Waals surface area contributed by atoms with Crippen LogP contribution in [-0.4, -0.2) is 19.2 Å². The number of methoxy groups -OCH3 is 2. The first-order valence-corrected chi connectivity index (χ1v) is 7.35. The fourth-order valence-electron chi connectivity index (χ4n) is 2.48. The molecule has 0 amide bonds. The lowest BCUT2D eigenvalue weighted by atomic mass is 10.1. The fraction of sp³-hybridized carbons (Fsp3) is 0.211. The number of benzene rings is 2. The smallest absolute Gasteiger partial charge is 0.119 e. The third-order valence-corrected chi connectivity index (χ3v) is 3.78. The normalized spacial score (nSPS) is 10.6. The predicted octanol–water partition coefficient (Wildman–Crippen LogP) is 4.04. The number of hydrogen-bond acceptors (Lipinski definition) is 3. The SMILES string of the molecule is COc1ccc(CCc2ccc3cc(OC)ccc3n2)cc1. The number of nitrogens with zero attached hydrogens (tertiary/aromatic N) is 1. The molecule has 0 aliphatic carbocycles. The molecule has 0 atom stereocenters. The molecule has 3 aromatic rings. The average molecular weight is 293 g/mol. The van der Waals surface area contributed by atoms with Crippen LogP contribution in [0.4, 0.5) is 0 Å². The van der Waals surface area contributed by atoms with Gasteiger partial charge in [-0.3, -0.25) is 4.98 Å². The first-order chi connectivity index (χ1) is 10.8. The summed E-state index contributed by atoms with van der Waals surface area (Å²) in [6.07, 6.45) is 1.90. The van der Waals surface area contributed by atoms with Crippen LogP contribution in [0.5, 0.6) is 11.5 Å². The molecule has 0 aliphatic rings. The largest absolute Gasteiger partial charge is 0.497 e. The lowest BCUT2D eigenvalue weighted by molar-refractivity contribution is 0.414. The zero-order valence-corrected chi connectivity index (χ0v) is 12.9. The number of ether oxygens (including phenoxy) is 2. The van der Waals surface area contributed by atoms with Crippen molar-refractivity contribution < 1.29 is 9.47 Å². The molecule has 22 heavy (non-hydrogen) atoms. The summed E-state index contributed by atoms with van der Waals surface area (Å²) in [5, 5.41) is 1.10. The Kier molecular flexibility index (Phi) is 4.24. The van der Waals surface area contributed by atoms with Gasteiger partial charge < -0.3 is 9.47 Å². The van der Waals surface area contributed by atoms with Gasteiger partial charge in [-0.05, 0) is 54.8 Å². The van der Waals surface area contributed by atoms with E-state index in [-0.39, 0.29) is 0 Å². The Balaban J connectivity index is 1.73. The van der Waals surface area contributed by atoms with Crippen LogP contribution in [0, 0.1) is 0 Å². The fourth-order valence-corrected chi connectivity index (χ4v) is 2.48. The maximum Gasteiger partial charge on any atom is 0.119 e. The van der Waals surface area contributed by atoms with Gasteiger partial charge in [-0.15, -0.1) is 0 Å². The molecule has 0 saturated heterocycles. The van der Waals surface area contributed by atoms with E-state index in [1.54, 1.807) is 14.2 Å². The highest BCUT2D eigenvalue weighted by Crippen LogP contribution is 2.20. The maximum absolute atomic E-state index is 5.24. The van der Waals surface area contributed by atoms with E-state index in [0.29, 0.717) is 0 Å².